The van der Waals surface area contributed by atoms with Gasteiger partial charge < -0.3 is 0 Å². The number of hydrogen-bond donors (Lipinski definition) is 1. The Morgan fingerprint density at radius 2 is 2.00 bits per heavy atom. The van der Waals surface area contributed by atoms with Crippen LogP contribution >= 0.6 is 27.3 Å². The van der Waals surface area contributed by atoms with Crippen molar-refractivity contribution >= 4 is 43.2 Å². The predicted octanol–water partition coefficient (Wildman–Crippen LogP) is 2.36. The minimum absolute atomic E-state index is 0.122. The van der Waals surface area contributed by atoms with E-state index in [0.717, 1.165) is 11.3 Å². The van der Waals surface area contributed by atoms with Gasteiger partial charge in [0, 0.05) is 15.3 Å². The molecule has 1 N–H and O–H groups in total. The largest absolute Gasteiger partial charge is 0.273 e. The van der Waals surface area contributed by atoms with Crippen molar-refractivity contribution in [2.75, 3.05) is 0 Å². The second kappa shape index (κ2) is 4.46. The van der Waals surface area contributed by atoms with Crippen LogP contribution in [0.25, 0.3) is 0 Å². The van der Waals surface area contributed by atoms with Crippen LogP contribution in [-0.4, -0.2) is 14.3 Å². The maximum Gasteiger partial charge on any atom is 0.273 e. The molecule has 4 nitrogen and oxygen atoms in total. The van der Waals surface area contributed by atoms with Crippen molar-refractivity contribution in [2.24, 2.45) is 5.41 Å². The van der Waals surface area contributed by atoms with Crippen LogP contribution in [0.2, 0.25) is 0 Å². The molecule has 1 aromatic rings. The van der Waals surface area contributed by atoms with E-state index in [1.165, 1.54) is 6.07 Å². The fraction of sp³-hybridized carbons (Fsp3) is 0.444. The summed E-state index contributed by atoms with van der Waals surface area (Å²) in [4.78, 5) is 11.6. The van der Waals surface area contributed by atoms with Gasteiger partial charge in [0.1, 0.15) is 4.21 Å². The zero-order valence-electron chi connectivity index (χ0n) is 9.07. The predicted molar refractivity (Wildman–Crippen MR) is 66.8 cm³/mol. The van der Waals surface area contributed by atoms with Crippen LogP contribution < -0.4 is 4.72 Å². The third-order valence-electron chi connectivity index (χ3n) is 1.72. The average molecular weight is 326 g/mol. The van der Waals surface area contributed by atoms with Crippen LogP contribution in [0.3, 0.4) is 0 Å². The lowest BCUT2D eigenvalue weighted by Gasteiger charge is -2.16. The van der Waals surface area contributed by atoms with E-state index >= 15 is 0 Å². The van der Waals surface area contributed by atoms with Crippen molar-refractivity contribution in [3.8, 4) is 0 Å². The average Bonchev–Trinajstić information content (AvgIpc) is 2.49. The molecular formula is C9H12BrNO3S2. The highest BCUT2D eigenvalue weighted by molar-refractivity contribution is 9.10. The molecule has 0 aliphatic carbocycles. The minimum Gasteiger partial charge on any atom is -0.273 e. The number of carbonyl (C=O) groups is 1. The Hall–Kier alpha value is -0.400. The molecule has 90 valence electrons. The van der Waals surface area contributed by atoms with Gasteiger partial charge >= 0.3 is 0 Å². The van der Waals surface area contributed by atoms with Gasteiger partial charge in [-0.1, -0.05) is 20.8 Å². The number of thiophene rings is 1. The molecule has 0 saturated carbocycles. The molecule has 0 radical (unpaired) electrons. The number of nitrogens with one attached hydrogen (secondary N) is 1. The van der Waals surface area contributed by atoms with Gasteiger partial charge in [-0.25, -0.2) is 13.1 Å². The van der Waals surface area contributed by atoms with E-state index in [2.05, 4.69) is 15.9 Å². The van der Waals surface area contributed by atoms with Crippen molar-refractivity contribution in [2.45, 2.75) is 25.0 Å². The Bertz CT molecular complexity index is 499. The number of sulfonamides is 1. The fourth-order valence-electron chi connectivity index (χ4n) is 0.761. The summed E-state index contributed by atoms with van der Waals surface area (Å²) in [6.45, 7) is 4.96. The maximum absolute atomic E-state index is 11.8. The topological polar surface area (TPSA) is 63.2 Å². The molecule has 1 amide bonds. The zero-order chi connectivity index (χ0) is 12.6. The SMILES string of the molecule is CC(C)(C)C(=O)NS(=O)(=O)c1cc(Br)cs1. The zero-order valence-corrected chi connectivity index (χ0v) is 12.3. The summed E-state index contributed by atoms with van der Waals surface area (Å²) in [5.74, 6) is -0.517. The molecule has 0 aliphatic rings. The first-order valence-electron chi connectivity index (χ1n) is 4.44. The molecule has 0 unspecified atom stereocenters. The van der Waals surface area contributed by atoms with Crippen molar-refractivity contribution in [3.63, 3.8) is 0 Å². The first-order chi connectivity index (χ1) is 7.13. The first-order valence-corrected chi connectivity index (χ1v) is 7.60. The minimum atomic E-state index is -3.73. The molecular weight excluding hydrogens is 314 g/mol. The summed E-state index contributed by atoms with van der Waals surface area (Å²) in [5.41, 5.74) is -0.735. The van der Waals surface area contributed by atoms with E-state index < -0.39 is 21.3 Å². The molecule has 7 heteroatoms. The van der Waals surface area contributed by atoms with E-state index in [0.29, 0.717) is 4.47 Å². The molecule has 1 aromatic heterocycles. The van der Waals surface area contributed by atoms with Crippen LogP contribution in [-0.2, 0) is 14.8 Å². The highest BCUT2D eigenvalue weighted by atomic mass is 79.9. The highest BCUT2D eigenvalue weighted by Gasteiger charge is 2.27. The number of halogens is 1. The van der Waals surface area contributed by atoms with Gasteiger partial charge in [0.2, 0.25) is 5.91 Å². The maximum atomic E-state index is 11.8. The summed E-state index contributed by atoms with van der Waals surface area (Å²) in [6.07, 6.45) is 0. The van der Waals surface area contributed by atoms with E-state index in [9.17, 15) is 13.2 Å². The van der Waals surface area contributed by atoms with Crippen LogP contribution in [0.1, 0.15) is 20.8 Å². The fourth-order valence-corrected chi connectivity index (χ4v) is 3.77. The molecule has 0 aliphatic heterocycles. The van der Waals surface area contributed by atoms with Gasteiger partial charge in [-0.2, -0.15) is 0 Å². The monoisotopic (exact) mass is 325 g/mol. The first kappa shape index (κ1) is 13.7. The van der Waals surface area contributed by atoms with E-state index in [4.69, 9.17) is 0 Å². The Morgan fingerprint density at radius 3 is 2.38 bits per heavy atom. The number of rotatable bonds is 2. The Kier molecular flexibility index (Phi) is 3.81. The number of amides is 1. The van der Waals surface area contributed by atoms with Crippen LogP contribution in [0.5, 0.6) is 0 Å². The van der Waals surface area contributed by atoms with Gasteiger partial charge in [0.25, 0.3) is 10.0 Å². The Morgan fingerprint density at radius 1 is 1.44 bits per heavy atom. The molecule has 16 heavy (non-hydrogen) atoms. The third kappa shape index (κ3) is 3.29. The third-order valence-corrected chi connectivity index (χ3v) is 5.25. The van der Waals surface area contributed by atoms with Gasteiger partial charge in [0.05, 0.1) is 0 Å². The highest BCUT2D eigenvalue weighted by Crippen LogP contribution is 2.24. The molecule has 1 rings (SSSR count). The van der Waals surface area contributed by atoms with Crippen molar-refractivity contribution in [1.82, 2.24) is 4.72 Å². The van der Waals surface area contributed by atoms with Crippen LogP contribution in [0.4, 0.5) is 0 Å². The molecule has 1 heterocycles. The van der Waals surface area contributed by atoms with Crippen LogP contribution in [0.15, 0.2) is 20.1 Å². The summed E-state index contributed by atoms with van der Waals surface area (Å²) in [5, 5.41) is 1.65. The molecule has 0 aromatic carbocycles. The van der Waals surface area contributed by atoms with E-state index in [1.807, 2.05) is 4.72 Å². The molecule has 0 fully saturated rings. The van der Waals surface area contributed by atoms with Crippen molar-refractivity contribution in [1.29, 1.82) is 0 Å². The van der Waals surface area contributed by atoms with Gasteiger partial charge in [-0.3, -0.25) is 4.79 Å². The molecule has 0 spiro atoms. The smallest absolute Gasteiger partial charge is 0.273 e. The lowest BCUT2D eigenvalue weighted by molar-refractivity contribution is -0.126. The summed E-state index contributed by atoms with van der Waals surface area (Å²) in [7, 11) is -3.73. The quantitative estimate of drug-likeness (QED) is 0.907. The second-order valence-electron chi connectivity index (χ2n) is 4.27. The van der Waals surface area contributed by atoms with Crippen molar-refractivity contribution < 1.29 is 13.2 Å². The van der Waals surface area contributed by atoms with E-state index in [1.54, 1.807) is 26.2 Å². The van der Waals surface area contributed by atoms with Gasteiger partial charge in [-0.05, 0) is 22.0 Å². The van der Waals surface area contributed by atoms with Gasteiger partial charge in [-0.15, -0.1) is 11.3 Å². The lowest BCUT2D eigenvalue weighted by atomic mass is 9.96. The second-order valence-corrected chi connectivity index (χ2v) is 8.00. The summed E-state index contributed by atoms with van der Waals surface area (Å²) < 4.78 is 26.4. The van der Waals surface area contributed by atoms with Crippen LogP contribution in [0, 0.1) is 5.41 Å². The normalized spacial score (nSPS) is 12.5. The summed E-state index contributed by atoms with van der Waals surface area (Å²) in [6, 6.07) is 1.46. The lowest BCUT2D eigenvalue weighted by Crippen LogP contribution is -2.38. The Balaban J connectivity index is 2.94. The summed E-state index contributed by atoms with van der Waals surface area (Å²) >= 11 is 4.22. The van der Waals surface area contributed by atoms with Crippen molar-refractivity contribution in [3.05, 3.63) is 15.9 Å². The Labute approximate surface area is 107 Å². The standard InChI is InChI=1S/C9H12BrNO3S2/c1-9(2,3)8(12)11-16(13,14)7-4-6(10)5-15-7/h4-5H,1-3H3,(H,11,12). The molecule has 0 bridgehead atoms. The van der Waals surface area contributed by atoms with Gasteiger partial charge in [0.15, 0.2) is 0 Å². The number of carbonyl (C=O) groups excluding carboxylic acids is 1. The number of hydrogen-bond acceptors (Lipinski definition) is 4. The van der Waals surface area contributed by atoms with E-state index in [-0.39, 0.29) is 4.21 Å². The molecule has 0 saturated heterocycles. The molecule has 0 atom stereocenters.